The van der Waals surface area contributed by atoms with Gasteiger partial charge in [-0.2, -0.15) is 0 Å². The molecule has 2 nitrogen and oxygen atoms in total. The van der Waals surface area contributed by atoms with Crippen LogP contribution in [0.5, 0.6) is 0 Å². The van der Waals surface area contributed by atoms with Crippen LogP contribution < -0.4 is 5.32 Å². The fourth-order valence-electron chi connectivity index (χ4n) is 4.04. The van der Waals surface area contributed by atoms with E-state index in [2.05, 4.69) is 53.4 Å². The van der Waals surface area contributed by atoms with E-state index >= 15 is 0 Å². The Kier molecular flexibility index (Phi) is 4.12. The first-order chi connectivity index (χ1) is 9.06. The highest BCUT2D eigenvalue weighted by Crippen LogP contribution is 2.66. The summed E-state index contributed by atoms with van der Waals surface area (Å²) in [5, 5.41) is 3.48. The molecule has 2 fully saturated rings. The van der Waals surface area contributed by atoms with Crippen molar-refractivity contribution >= 4 is 0 Å². The number of hydrogen-bond donors (Lipinski definition) is 1. The smallest absolute Gasteiger partial charge is 0.0690 e. The maximum absolute atomic E-state index is 6.26. The number of nitrogens with one attached hydrogen (secondary N) is 1. The van der Waals surface area contributed by atoms with Crippen LogP contribution in [-0.2, 0) is 4.74 Å². The van der Waals surface area contributed by atoms with E-state index in [1.807, 2.05) is 0 Å². The van der Waals surface area contributed by atoms with Crippen molar-refractivity contribution in [2.75, 3.05) is 13.2 Å². The van der Waals surface area contributed by atoms with E-state index in [1.54, 1.807) is 0 Å². The molecule has 0 aromatic rings. The molecule has 2 saturated carbocycles. The Morgan fingerprint density at radius 2 is 1.95 bits per heavy atom. The first-order valence-corrected chi connectivity index (χ1v) is 8.09. The lowest BCUT2D eigenvalue weighted by Gasteiger charge is -2.39. The molecule has 2 bridgehead atoms. The van der Waals surface area contributed by atoms with Crippen molar-refractivity contribution in [2.24, 2.45) is 16.7 Å². The minimum Gasteiger partial charge on any atom is -0.373 e. The van der Waals surface area contributed by atoms with Gasteiger partial charge in [0.25, 0.3) is 0 Å². The summed E-state index contributed by atoms with van der Waals surface area (Å²) in [6, 6.07) is 0. The molecule has 0 saturated heterocycles. The fraction of sp³-hybridized carbons (Fsp3) is 0.889. The summed E-state index contributed by atoms with van der Waals surface area (Å²) in [5.74, 6) is 0.846. The number of hydrogen-bond acceptors (Lipinski definition) is 2. The van der Waals surface area contributed by atoms with Gasteiger partial charge in [0.1, 0.15) is 0 Å². The second kappa shape index (κ2) is 5.14. The average Bonchev–Trinajstić information content (AvgIpc) is 2.65. The lowest BCUT2D eigenvalue weighted by molar-refractivity contribution is -0.0379. The highest BCUT2D eigenvalue weighted by Gasteiger charge is 2.61. The fourth-order valence-corrected chi connectivity index (χ4v) is 4.04. The van der Waals surface area contributed by atoms with E-state index in [4.69, 9.17) is 4.74 Å². The molecule has 2 heteroatoms. The van der Waals surface area contributed by atoms with E-state index < -0.39 is 0 Å². The Balaban J connectivity index is 1.83. The summed E-state index contributed by atoms with van der Waals surface area (Å²) >= 11 is 0. The third-order valence-electron chi connectivity index (χ3n) is 6.07. The van der Waals surface area contributed by atoms with Gasteiger partial charge < -0.3 is 10.1 Å². The number of rotatable bonds is 5. The Bertz CT molecular complexity index is 379. The zero-order valence-electron chi connectivity index (χ0n) is 14.3. The van der Waals surface area contributed by atoms with Gasteiger partial charge in [-0.1, -0.05) is 27.4 Å². The Labute approximate surface area is 125 Å². The molecule has 20 heavy (non-hydrogen) atoms. The van der Waals surface area contributed by atoms with E-state index in [0.29, 0.717) is 23.5 Å². The highest BCUT2D eigenvalue weighted by atomic mass is 16.5. The normalized spacial score (nSPS) is 35.5. The SMILES string of the molecule is C=C(CNC(C)(C)C)COC1CC2CCC1(C)C2(C)C. The predicted molar refractivity (Wildman–Crippen MR) is 85.9 cm³/mol. The molecule has 0 aromatic carbocycles. The van der Waals surface area contributed by atoms with Crippen molar-refractivity contribution in [3.63, 3.8) is 0 Å². The van der Waals surface area contributed by atoms with Crippen molar-refractivity contribution in [1.82, 2.24) is 5.32 Å². The van der Waals surface area contributed by atoms with E-state index in [0.717, 1.165) is 18.0 Å². The van der Waals surface area contributed by atoms with Crippen molar-refractivity contribution in [3.8, 4) is 0 Å². The molecule has 3 unspecified atom stereocenters. The molecule has 0 heterocycles. The molecule has 1 N–H and O–H groups in total. The molecule has 0 aromatic heterocycles. The second-order valence-electron chi connectivity index (χ2n) is 8.76. The standard InChI is InChI=1S/C18H33NO/c1-13(11-19-16(2,3)4)12-20-15-10-14-8-9-18(15,7)17(14,5)6/h14-15,19H,1,8-12H2,2-7H3. The average molecular weight is 279 g/mol. The molecule has 3 atom stereocenters. The molecular formula is C18H33NO. The van der Waals surface area contributed by atoms with Crippen LogP contribution in [0.15, 0.2) is 12.2 Å². The summed E-state index contributed by atoms with van der Waals surface area (Å²) < 4.78 is 6.26. The van der Waals surface area contributed by atoms with E-state index in [9.17, 15) is 0 Å². The van der Waals surface area contributed by atoms with Gasteiger partial charge in [-0.25, -0.2) is 0 Å². The summed E-state index contributed by atoms with van der Waals surface area (Å²) in [6.07, 6.45) is 4.36. The molecule has 0 radical (unpaired) electrons. The van der Waals surface area contributed by atoms with Crippen LogP contribution in [0.2, 0.25) is 0 Å². The van der Waals surface area contributed by atoms with Crippen molar-refractivity contribution in [1.29, 1.82) is 0 Å². The van der Waals surface area contributed by atoms with Crippen LogP contribution in [0, 0.1) is 16.7 Å². The van der Waals surface area contributed by atoms with Gasteiger partial charge in [-0.3, -0.25) is 0 Å². The molecule has 2 aliphatic carbocycles. The third-order valence-corrected chi connectivity index (χ3v) is 6.07. The molecule has 2 aliphatic rings. The molecule has 116 valence electrons. The van der Waals surface area contributed by atoms with Gasteiger partial charge in [0, 0.05) is 12.1 Å². The van der Waals surface area contributed by atoms with Gasteiger partial charge in [0.2, 0.25) is 0 Å². The Morgan fingerprint density at radius 1 is 1.30 bits per heavy atom. The number of ether oxygens (including phenoxy) is 1. The van der Waals surface area contributed by atoms with Crippen LogP contribution in [0.25, 0.3) is 0 Å². The zero-order chi connectivity index (χ0) is 15.2. The van der Waals surface area contributed by atoms with Crippen molar-refractivity contribution in [3.05, 3.63) is 12.2 Å². The summed E-state index contributed by atoms with van der Waals surface area (Å²) in [5.41, 5.74) is 2.09. The lowest BCUT2D eigenvalue weighted by Crippen LogP contribution is -2.39. The third kappa shape index (κ3) is 2.82. The van der Waals surface area contributed by atoms with Crippen molar-refractivity contribution in [2.45, 2.75) is 72.4 Å². The number of fused-ring (bicyclic) bond motifs is 2. The Hall–Kier alpha value is -0.340. The van der Waals surface area contributed by atoms with Crippen LogP contribution in [0.1, 0.15) is 60.8 Å². The molecule has 0 amide bonds. The maximum Gasteiger partial charge on any atom is 0.0690 e. The lowest BCUT2D eigenvalue weighted by atomic mass is 9.70. The van der Waals surface area contributed by atoms with Crippen molar-refractivity contribution < 1.29 is 4.74 Å². The molecule has 2 rings (SSSR count). The van der Waals surface area contributed by atoms with Gasteiger partial charge in [-0.05, 0) is 62.4 Å². The monoisotopic (exact) mass is 279 g/mol. The minimum absolute atomic E-state index is 0.142. The van der Waals surface area contributed by atoms with Gasteiger partial charge in [0.15, 0.2) is 0 Å². The van der Waals surface area contributed by atoms with Crippen LogP contribution in [0.3, 0.4) is 0 Å². The largest absolute Gasteiger partial charge is 0.373 e. The quantitative estimate of drug-likeness (QED) is 0.763. The topological polar surface area (TPSA) is 21.3 Å². The van der Waals surface area contributed by atoms with Crippen LogP contribution in [-0.4, -0.2) is 24.8 Å². The molecule has 0 spiro atoms. The Morgan fingerprint density at radius 3 is 2.40 bits per heavy atom. The van der Waals surface area contributed by atoms with Crippen LogP contribution in [0.4, 0.5) is 0 Å². The molecule has 0 aliphatic heterocycles. The second-order valence-corrected chi connectivity index (χ2v) is 8.76. The van der Waals surface area contributed by atoms with Gasteiger partial charge in [0.05, 0.1) is 12.7 Å². The summed E-state index contributed by atoms with van der Waals surface area (Å²) in [4.78, 5) is 0. The first kappa shape index (κ1) is 16.0. The maximum atomic E-state index is 6.26. The molecular weight excluding hydrogens is 246 g/mol. The van der Waals surface area contributed by atoms with E-state index in [1.165, 1.54) is 19.3 Å². The summed E-state index contributed by atoms with van der Waals surface area (Å²) in [6.45, 7) is 19.5. The van der Waals surface area contributed by atoms with Crippen LogP contribution >= 0.6 is 0 Å². The predicted octanol–water partition coefficient (Wildman–Crippen LogP) is 4.16. The highest BCUT2D eigenvalue weighted by molar-refractivity contribution is 5.11. The van der Waals surface area contributed by atoms with Gasteiger partial charge >= 0.3 is 0 Å². The van der Waals surface area contributed by atoms with E-state index in [-0.39, 0.29) is 5.54 Å². The summed E-state index contributed by atoms with van der Waals surface area (Å²) in [7, 11) is 0. The minimum atomic E-state index is 0.142. The zero-order valence-corrected chi connectivity index (χ0v) is 14.3. The first-order valence-electron chi connectivity index (χ1n) is 8.09. The van der Waals surface area contributed by atoms with Gasteiger partial charge in [-0.15, -0.1) is 0 Å².